The van der Waals surface area contributed by atoms with E-state index in [0.717, 1.165) is 5.56 Å². The lowest BCUT2D eigenvalue weighted by atomic mass is 9.97. The van der Waals surface area contributed by atoms with Gasteiger partial charge in [0.1, 0.15) is 17.1 Å². The van der Waals surface area contributed by atoms with Crippen LogP contribution >= 0.6 is 11.8 Å². The van der Waals surface area contributed by atoms with Crippen LogP contribution in [0.5, 0.6) is 0 Å². The highest BCUT2D eigenvalue weighted by atomic mass is 32.2. The van der Waals surface area contributed by atoms with E-state index in [0.29, 0.717) is 11.3 Å². The summed E-state index contributed by atoms with van der Waals surface area (Å²) in [6, 6.07) is 5.36. The molecule has 0 spiro atoms. The minimum absolute atomic E-state index is 0.0666. The first kappa shape index (κ1) is 29.8. The molecule has 0 aromatic heterocycles. The maximum absolute atomic E-state index is 12.6. The zero-order valence-corrected chi connectivity index (χ0v) is 22.6. The van der Waals surface area contributed by atoms with Crippen LogP contribution in [0.2, 0.25) is 0 Å². The summed E-state index contributed by atoms with van der Waals surface area (Å²) >= 11 is 1.48. The first-order valence-electron chi connectivity index (χ1n) is 10.9. The van der Waals surface area contributed by atoms with Crippen LogP contribution < -0.4 is 5.73 Å². The van der Waals surface area contributed by atoms with Gasteiger partial charge in [-0.3, -0.25) is 19.0 Å². The summed E-state index contributed by atoms with van der Waals surface area (Å²) in [5.41, 5.74) is 6.80. The third-order valence-corrected chi connectivity index (χ3v) is 7.31. The van der Waals surface area contributed by atoms with Crippen molar-refractivity contribution < 1.29 is 41.6 Å². The van der Waals surface area contributed by atoms with Gasteiger partial charge in [-0.15, -0.1) is 11.8 Å². The molecule has 36 heavy (non-hydrogen) atoms. The third-order valence-electron chi connectivity index (χ3n) is 5.08. The lowest BCUT2D eigenvalue weighted by Crippen LogP contribution is -2.68. The Morgan fingerprint density at radius 2 is 1.81 bits per heavy atom. The fourth-order valence-electron chi connectivity index (χ4n) is 3.12. The summed E-state index contributed by atoms with van der Waals surface area (Å²) in [6.45, 7) is 8.59. The predicted molar refractivity (Wildman–Crippen MR) is 132 cm³/mol. The number of aryl methyl sites for hydroxylation is 1. The topological polar surface area (TPSA) is 163 Å². The molecule has 2 unspecified atom stereocenters. The number of nitrogens with two attached hydrogens (primary N) is 1. The molecule has 3 N–H and O–H groups in total. The molecule has 0 radical (unpaired) electrons. The van der Waals surface area contributed by atoms with Gasteiger partial charge in [0.25, 0.3) is 10.1 Å². The Labute approximate surface area is 215 Å². The standard InChI is InChI=1S/C16H24N2O6S.C7H8O3S/c1-8(24-15(21)16(2,3)4)23-14(20)11-9(6-22-5)7-25-13-10(17)12(19)18(11)13;1-6-2-4-7(5-3-6)11(8,9)10/h8,10,13H,6-7,17H2,1-5H3;2-5H,1H3,(H,8,9,10)/t8?,10?,13-;/m0./s1. The van der Waals surface area contributed by atoms with Gasteiger partial charge in [-0.1, -0.05) is 17.7 Å². The summed E-state index contributed by atoms with van der Waals surface area (Å²) in [5, 5.41) is -0.289. The highest BCUT2D eigenvalue weighted by Crippen LogP contribution is 2.39. The van der Waals surface area contributed by atoms with Crippen molar-refractivity contribution in [3.8, 4) is 0 Å². The normalized spacial score (nSPS) is 20.4. The molecule has 13 heteroatoms. The van der Waals surface area contributed by atoms with Gasteiger partial charge >= 0.3 is 11.9 Å². The van der Waals surface area contributed by atoms with Gasteiger partial charge in [0.05, 0.1) is 16.9 Å². The highest BCUT2D eigenvalue weighted by Gasteiger charge is 2.52. The lowest BCUT2D eigenvalue weighted by Gasteiger charge is -2.48. The number of carbonyl (C=O) groups excluding carboxylic acids is 3. The molecule has 0 aliphatic carbocycles. The van der Waals surface area contributed by atoms with Crippen LogP contribution in [0.15, 0.2) is 40.4 Å². The van der Waals surface area contributed by atoms with Gasteiger partial charge in [-0.25, -0.2) is 4.79 Å². The Bertz CT molecular complexity index is 1130. The number of amides is 1. The van der Waals surface area contributed by atoms with Crippen molar-refractivity contribution in [2.24, 2.45) is 11.1 Å². The van der Waals surface area contributed by atoms with E-state index in [1.54, 1.807) is 32.9 Å². The minimum atomic E-state index is -4.02. The number of benzene rings is 1. The Morgan fingerprint density at radius 3 is 2.31 bits per heavy atom. The van der Waals surface area contributed by atoms with E-state index in [1.807, 2.05) is 6.92 Å². The molecule has 3 rings (SSSR count). The molecule has 1 aromatic carbocycles. The maximum atomic E-state index is 12.6. The molecule has 1 aromatic rings. The highest BCUT2D eigenvalue weighted by molar-refractivity contribution is 8.00. The quantitative estimate of drug-likeness (QED) is 0.232. The van der Waals surface area contributed by atoms with Crippen molar-refractivity contribution in [2.45, 2.75) is 57.2 Å². The van der Waals surface area contributed by atoms with Gasteiger partial charge in [0.15, 0.2) is 0 Å². The first-order valence-corrected chi connectivity index (χ1v) is 13.4. The van der Waals surface area contributed by atoms with E-state index >= 15 is 0 Å². The van der Waals surface area contributed by atoms with Crippen LogP contribution in [0.3, 0.4) is 0 Å². The molecular formula is C23H32N2O9S2. The fourth-order valence-corrected chi connectivity index (χ4v) is 4.88. The van der Waals surface area contributed by atoms with E-state index in [2.05, 4.69) is 0 Å². The molecule has 1 fully saturated rings. The molecule has 2 aliphatic rings. The Kier molecular flexibility index (Phi) is 9.71. The smallest absolute Gasteiger partial charge is 0.358 e. The lowest BCUT2D eigenvalue weighted by molar-refractivity contribution is -0.190. The van der Waals surface area contributed by atoms with Crippen LogP contribution in [0.4, 0.5) is 0 Å². The monoisotopic (exact) mass is 544 g/mol. The van der Waals surface area contributed by atoms with Crippen molar-refractivity contribution >= 4 is 39.7 Å². The number of fused-ring (bicyclic) bond motifs is 1. The molecule has 2 heterocycles. The number of hydrogen-bond acceptors (Lipinski definition) is 10. The first-order chi connectivity index (χ1) is 16.6. The zero-order chi connectivity index (χ0) is 27.4. The minimum Gasteiger partial charge on any atom is -0.425 e. The van der Waals surface area contributed by atoms with E-state index in [9.17, 15) is 22.8 Å². The second-order valence-corrected chi connectivity index (χ2v) is 11.8. The second kappa shape index (κ2) is 11.7. The van der Waals surface area contributed by atoms with Crippen LogP contribution in [0.25, 0.3) is 0 Å². The summed E-state index contributed by atoms with van der Waals surface area (Å²) in [5.74, 6) is -1.04. The van der Waals surface area contributed by atoms with Crippen LogP contribution in [-0.2, 0) is 38.7 Å². The third kappa shape index (κ3) is 7.29. The van der Waals surface area contributed by atoms with Gasteiger partial charge in [-0.2, -0.15) is 8.42 Å². The number of methoxy groups -OCH3 is 1. The summed E-state index contributed by atoms with van der Waals surface area (Å²) < 4.78 is 45.0. The number of esters is 2. The van der Waals surface area contributed by atoms with Crippen LogP contribution in [-0.4, -0.2) is 72.9 Å². The summed E-state index contributed by atoms with van der Waals surface area (Å²) in [4.78, 5) is 37.8. The molecule has 11 nitrogen and oxygen atoms in total. The van der Waals surface area contributed by atoms with Crippen LogP contribution in [0, 0.1) is 12.3 Å². The van der Waals surface area contributed by atoms with Crippen molar-refractivity contribution in [1.29, 1.82) is 0 Å². The van der Waals surface area contributed by atoms with Crippen molar-refractivity contribution in [2.75, 3.05) is 19.5 Å². The number of nitrogens with zero attached hydrogens (tertiary/aromatic N) is 1. The maximum Gasteiger partial charge on any atom is 0.358 e. The number of ether oxygens (including phenoxy) is 3. The number of carbonyl (C=O) groups is 3. The van der Waals surface area contributed by atoms with Crippen molar-refractivity contribution in [1.82, 2.24) is 4.90 Å². The average Bonchev–Trinajstić information content (AvgIpc) is 2.77. The van der Waals surface area contributed by atoms with E-state index in [1.165, 1.54) is 42.8 Å². The summed E-state index contributed by atoms with van der Waals surface area (Å²) in [7, 11) is -2.52. The zero-order valence-electron chi connectivity index (χ0n) is 21.0. The Hall–Kier alpha value is -2.45. The summed E-state index contributed by atoms with van der Waals surface area (Å²) in [6.07, 6.45) is -1.08. The SMILES string of the molecule is COCC1=C(C(=O)OC(C)OC(=O)C(C)(C)C)N2C(=O)C(N)[C@@H]2SC1.Cc1ccc(S(=O)(=O)O)cc1. The van der Waals surface area contributed by atoms with Crippen molar-refractivity contribution in [3.63, 3.8) is 0 Å². The largest absolute Gasteiger partial charge is 0.425 e. The molecule has 0 bridgehead atoms. The Morgan fingerprint density at radius 1 is 1.22 bits per heavy atom. The van der Waals surface area contributed by atoms with E-state index in [-0.39, 0.29) is 28.5 Å². The molecular weight excluding hydrogens is 512 g/mol. The molecule has 0 saturated carbocycles. The molecule has 1 amide bonds. The molecule has 2 aliphatic heterocycles. The molecule has 3 atom stereocenters. The number of β-lactam (4-membered cyclic amide) rings is 1. The second-order valence-electron chi connectivity index (χ2n) is 9.24. The Balaban J connectivity index is 0.000000346. The van der Waals surface area contributed by atoms with E-state index in [4.69, 9.17) is 24.5 Å². The van der Waals surface area contributed by atoms with Gasteiger partial charge < -0.3 is 19.9 Å². The van der Waals surface area contributed by atoms with Gasteiger partial charge in [-0.05, 0) is 45.4 Å². The molecule has 200 valence electrons. The fraction of sp³-hybridized carbons (Fsp3) is 0.522. The number of rotatable bonds is 6. The predicted octanol–water partition coefficient (Wildman–Crippen LogP) is 1.85. The average molecular weight is 545 g/mol. The molecule has 1 saturated heterocycles. The van der Waals surface area contributed by atoms with Gasteiger partial charge in [0.2, 0.25) is 12.2 Å². The number of thioether (sulfide) groups is 1. The van der Waals surface area contributed by atoms with Gasteiger partial charge in [0, 0.05) is 19.8 Å². The van der Waals surface area contributed by atoms with Crippen molar-refractivity contribution in [3.05, 3.63) is 41.1 Å². The van der Waals surface area contributed by atoms with E-state index < -0.39 is 39.8 Å². The number of hydrogen-bond donors (Lipinski definition) is 2. The van der Waals surface area contributed by atoms with Crippen LogP contribution in [0.1, 0.15) is 33.3 Å².